The largest absolute Gasteiger partial charge is 0.414 e. The quantitative estimate of drug-likeness (QED) is 0.810. The van der Waals surface area contributed by atoms with Gasteiger partial charge in [-0.3, -0.25) is 0 Å². The highest BCUT2D eigenvalue weighted by atomic mass is 28.4. The Morgan fingerprint density at radius 3 is 2.25 bits per heavy atom. The van der Waals surface area contributed by atoms with Crippen LogP contribution < -0.4 is 0 Å². The number of rotatable bonds is 3. The fourth-order valence-corrected chi connectivity index (χ4v) is 3.31. The van der Waals surface area contributed by atoms with E-state index >= 15 is 0 Å². The summed E-state index contributed by atoms with van der Waals surface area (Å²) in [5, 5.41) is 10.1. The Morgan fingerprint density at radius 1 is 1.15 bits per heavy atom. The molecule has 2 rings (SSSR count). The van der Waals surface area contributed by atoms with Crippen molar-refractivity contribution in [2.75, 3.05) is 6.61 Å². The molecule has 2 aliphatic rings. The maximum Gasteiger partial charge on any atom is 0.192 e. The van der Waals surface area contributed by atoms with Crippen molar-refractivity contribution in [3.8, 4) is 0 Å². The second-order valence-corrected chi connectivity index (χ2v) is 12.5. The van der Waals surface area contributed by atoms with Gasteiger partial charge in [0.1, 0.15) is 18.3 Å². The molecule has 0 saturated carbocycles. The topological polar surface area (TPSA) is 57.2 Å². The minimum absolute atomic E-state index is 0.149. The second-order valence-electron chi connectivity index (χ2n) is 7.70. The Morgan fingerprint density at radius 2 is 1.70 bits per heavy atom. The predicted octanol–water partition coefficient (Wildman–Crippen LogP) is 2.25. The van der Waals surface area contributed by atoms with Crippen molar-refractivity contribution in [1.29, 1.82) is 0 Å². The van der Waals surface area contributed by atoms with Crippen molar-refractivity contribution in [1.82, 2.24) is 0 Å². The Balaban J connectivity index is 1.98. The van der Waals surface area contributed by atoms with Crippen LogP contribution in [0.3, 0.4) is 0 Å². The highest BCUT2D eigenvalue weighted by Gasteiger charge is 2.55. The molecule has 1 N–H and O–H groups in total. The van der Waals surface area contributed by atoms with Crippen LogP contribution in [-0.2, 0) is 18.6 Å². The summed E-state index contributed by atoms with van der Waals surface area (Å²) in [7, 11) is -1.83. The fraction of sp³-hybridized carbons (Fsp3) is 1.00. The molecule has 2 saturated heterocycles. The standard InChI is InChI=1S/C14H28O5Si/c1-13(2,3)20(6,7)16-8-9-10-11(12(15)17-9)19-14(4,5)18-10/h9-12,15H,8H2,1-7H3/t9-,10?,11+,12-/m0/s1. The van der Waals surface area contributed by atoms with Crippen molar-refractivity contribution in [2.24, 2.45) is 0 Å². The van der Waals surface area contributed by atoms with Gasteiger partial charge in [-0.25, -0.2) is 0 Å². The van der Waals surface area contributed by atoms with Gasteiger partial charge in [-0.15, -0.1) is 0 Å². The number of ether oxygens (including phenoxy) is 3. The van der Waals surface area contributed by atoms with Crippen LogP contribution in [0.1, 0.15) is 34.6 Å². The molecule has 0 radical (unpaired) electrons. The first-order valence-electron chi connectivity index (χ1n) is 7.26. The molecule has 0 spiro atoms. The molecular weight excluding hydrogens is 276 g/mol. The zero-order valence-electron chi connectivity index (χ0n) is 13.6. The summed E-state index contributed by atoms with van der Waals surface area (Å²) in [6.07, 6.45) is -1.89. The molecule has 2 aliphatic heterocycles. The van der Waals surface area contributed by atoms with Gasteiger partial charge in [-0.2, -0.15) is 0 Å². The fourth-order valence-electron chi connectivity index (χ4n) is 2.30. The lowest BCUT2D eigenvalue weighted by Crippen LogP contribution is -2.44. The predicted molar refractivity (Wildman–Crippen MR) is 77.9 cm³/mol. The van der Waals surface area contributed by atoms with Gasteiger partial charge in [0.25, 0.3) is 0 Å². The van der Waals surface area contributed by atoms with Crippen LogP contribution in [0.25, 0.3) is 0 Å². The number of aliphatic hydroxyl groups excluding tert-OH is 1. The Bertz CT molecular complexity index is 363. The van der Waals surface area contributed by atoms with Crippen LogP contribution in [0.2, 0.25) is 18.1 Å². The number of hydrogen-bond donors (Lipinski definition) is 1. The molecule has 0 amide bonds. The van der Waals surface area contributed by atoms with Crippen LogP contribution >= 0.6 is 0 Å². The first-order chi connectivity index (χ1) is 8.93. The summed E-state index contributed by atoms with van der Waals surface area (Å²) in [6, 6.07) is 0. The zero-order chi connectivity index (χ0) is 15.3. The number of aliphatic hydroxyl groups is 1. The normalized spacial score (nSPS) is 37.2. The minimum atomic E-state index is -1.83. The molecule has 5 nitrogen and oxygen atoms in total. The Hall–Kier alpha value is 0.0169. The minimum Gasteiger partial charge on any atom is -0.414 e. The van der Waals surface area contributed by atoms with Gasteiger partial charge in [0, 0.05) is 0 Å². The molecular formula is C14H28O5Si. The lowest BCUT2D eigenvalue weighted by Gasteiger charge is -2.37. The zero-order valence-corrected chi connectivity index (χ0v) is 14.6. The van der Waals surface area contributed by atoms with Gasteiger partial charge in [0.15, 0.2) is 20.4 Å². The maximum absolute atomic E-state index is 9.92. The molecule has 0 aromatic rings. The third-order valence-corrected chi connectivity index (χ3v) is 9.04. The first-order valence-corrected chi connectivity index (χ1v) is 10.2. The molecule has 2 fully saturated rings. The molecule has 4 atom stereocenters. The van der Waals surface area contributed by atoms with E-state index in [2.05, 4.69) is 33.9 Å². The Kier molecular flexibility index (Phi) is 4.13. The van der Waals surface area contributed by atoms with Crippen LogP contribution in [0.15, 0.2) is 0 Å². The summed E-state index contributed by atoms with van der Waals surface area (Å²) in [6.45, 7) is 15.1. The second kappa shape index (κ2) is 5.03. The number of fused-ring (bicyclic) bond motifs is 1. The summed E-state index contributed by atoms with van der Waals surface area (Å²) >= 11 is 0. The van der Waals surface area contributed by atoms with E-state index in [4.69, 9.17) is 18.6 Å². The van der Waals surface area contributed by atoms with Crippen LogP contribution in [-0.4, -0.2) is 50.4 Å². The molecule has 118 valence electrons. The van der Waals surface area contributed by atoms with Crippen LogP contribution in [0.4, 0.5) is 0 Å². The van der Waals surface area contributed by atoms with E-state index in [1.807, 2.05) is 13.8 Å². The third kappa shape index (κ3) is 3.10. The smallest absolute Gasteiger partial charge is 0.192 e. The summed E-state index contributed by atoms with van der Waals surface area (Å²) in [5.41, 5.74) is 0. The highest BCUT2D eigenvalue weighted by Crippen LogP contribution is 2.40. The molecule has 1 unspecified atom stereocenters. The van der Waals surface area contributed by atoms with E-state index in [-0.39, 0.29) is 17.2 Å². The van der Waals surface area contributed by atoms with Crippen molar-refractivity contribution in [3.05, 3.63) is 0 Å². The molecule has 0 aromatic carbocycles. The molecule has 0 bridgehead atoms. The maximum atomic E-state index is 9.92. The van der Waals surface area contributed by atoms with Crippen molar-refractivity contribution >= 4 is 8.32 Å². The van der Waals surface area contributed by atoms with Gasteiger partial charge in [-0.1, -0.05) is 20.8 Å². The van der Waals surface area contributed by atoms with Crippen LogP contribution in [0.5, 0.6) is 0 Å². The average Bonchev–Trinajstić information content (AvgIpc) is 2.70. The summed E-state index contributed by atoms with van der Waals surface area (Å²) < 4.78 is 23.2. The van der Waals surface area contributed by atoms with Crippen molar-refractivity contribution < 1.29 is 23.7 Å². The first kappa shape index (κ1) is 16.4. The lowest BCUT2D eigenvalue weighted by molar-refractivity contribution is -0.222. The van der Waals surface area contributed by atoms with Gasteiger partial charge in [-0.05, 0) is 32.0 Å². The Labute approximate surface area is 122 Å². The van der Waals surface area contributed by atoms with E-state index in [9.17, 15) is 5.11 Å². The average molecular weight is 304 g/mol. The van der Waals surface area contributed by atoms with E-state index in [0.29, 0.717) is 6.61 Å². The SMILES string of the molecule is CC1(C)OC2[C@H](CO[Si](C)(C)C(C)(C)C)O[C@H](O)[C@@H]2O1. The molecule has 2 heterocycles. The summed E-state index contributed by atoms with van der Waals surface area (Å²) in [4.78, 5) is 0. The molecule has 6 heteroatoms. The lowest BCUT2D eigenvalue weighted by atomic mass is 10.1. The van der Waals surface area contributed by atoms with Crippen molar-refractivity contribution in [2.45, 2.75) is 83.1 Å². The highest BCUT2D eigenvalue weighted by molar-refractivity contribution is 6.74. The van der Waals surface area contributed by atoms with Crippen molar-refractivity contribution in [3.63, 3.8) is 0 Å². The molecule has 0 aromatic heterocycles. The van der Waals surface area contributed by atoms with E-state index < -0.39 is 26.5 Å². The van der Waals surface area contributed by atoms with E-state index in [1.54, 1.807) is 0 Å². The monoisotopic (exact) mass is 304 g/mol. The van der Waals surface area contributed by atoms with Crippen LogP contribution in [0, 0.1) is 0 Å². The van der Waals surface area contributed by atoms with Gasteiger partial charge < -0.3 is 23.7 Å². The molecule has 20 heavy (non-hydrogen) atoms. The molecule has 0 aliphatic carbocycles. The van der Waals surface area contributed by atoms with Gasteiger partial charge >= 0.3 is 0 Å². The third-order valence-electron chi connectivity index (χ3n) is 4.54. The van der Waals surface area contributed by atoms with E-state index in [0.717, 1.165) is 0 Å². The van der Waals surface area contributed by atoms with E-state index in [1.165, 1.54) is 0 Å². The number of hydrogen-bond acceptors (Lipinski definition) is 5. The summed E-state index contributed by atoms with van der Waals surface area (Å²) in [5.74, 6) is -0.671. The van der Waals surface area contributed by atoms with Gasteiger partial charge in [0.2, 0.25) is 0 Å². The van der Waals surface area contributed by atoms with Gasteiger partial charge in [0.05, 0.1) is 6.61 Å².